The lowest BCUT2D eigenvalue weighted by molar-refractivity contribution is 0.0726. The molecule has 0 saturated carbocycles. The summed E-state index contributed by atoms with van der Waals surface area (Å²) in [6, 6.07) is 17.0. The topological polar surface area (TPSA) is 39.2 Å². The van der Waals surface area contributed by atoms with Crippen LogP contribution in [0.25, 0.3) is 10.9 Å². The van der Waals surface area contributed by atoms with Crippen molar-refractivity contribution in [3.8, 4) is 5.75 Å². The van der Waals surface area contributed by atoms with Gasteiger partial charge >= 0.3 is 5.97 Å². The molecular weight excluding hydrogens is 262 g/mol. The Kier molecular flexibility index (Phi) is 3.40. The predicted molar refractivity (Wildman–Crippen MR) is 82.6 cm³/mol. The lowest BCUT2D eigenvalue weighted by Gasteiger charge is -2.10. The van der Waals surface area contributed by atoms with Crippen molar-refractivity contribution in [2.24, 2.45) is 0 Å². The highest BCUT2D eigenvalue weighted by molar-refractivity contribution is 5.92. The van der Waals surface area contributed by atoms with E-state index in [1.165, 1.54) is 0 Å². The van der Waals surface area contributed by atoms with E-state index in [9.17, 15) is 4.79 Å². The number of carbonyl (C=O) groups excluding carboxylic acids is 1. The van der Waals surface area contributed by atoms with Crippen LogP contribution < -0.4 is 4.74 Å². The number of rotatable bonds is 2. The summed E-state index contributed by atoms with van der Waals surface area (Å²) in [6.07, 6.45) is 0. The van der Waals surface area contributed by atoms with E-state index < -0.39 is 5.97 Å². The molecule has 104 valence electrons. The highest BCUT2D eigenvalue weighted by Gasteiger charge is 2.13. The normalized spacial score (nSPS) is 10.6. The van der Waals surface area contributed by atoms with Gasteiger partial charge in [0.1, 0.15) is 11.4 Å². The number of hydrogen-bond donors (Lipinski definition) is 0. The molecule has 21 heavy (non-hydrogen) atoms. The summed E-state index contributed by atoms with van der Waals surface area (Å²) in [6.45, 7) is 3.84. The smallest absolute Gasteiger partial charge is 0.362 e. The van der Waals surface area contributed by atoms with E-state index in [0.29, 0.717) is 11.4 Å². The number of carbonyl (C=O) groups is 1. The zero-order valence-corrected chi connectivity index (χ0v) is 12.0. The number of benzene rings is 2. The first-order valence-corrected chi connectivity index (χ1v) is 6.79. The second-order valence-corrected chi connectivity index (χ2v) is 5.00. The van der Waals surface area contributed by atoms with E-state index in [1.807, 2.05) is 62.4 Å². The third kappa shape index (κ3) is 2.63. The van der Waals surface area contributed by atoms with Gasteiger partial charge in [0, 0.05) is 5.39 Å². The van der Waals surface area contributed by atoms with Crippen LogP contribution in [0.15, 0.2) is 54.6 Å². The maximum absolute atomic E-state index is 12.3. The average Bonchev–Trinajstić information content (AvgIpc) is 2.50. The second-order valence-electron chi connectivity index (χ2n) is 5.00. The average molecular weight is 277 g/mol. The molecule has 3 nitrogen and oxygen atoms in total. The number of fused-ring (bicyclic) bond motifs is 1. The molecule has 0 unspecified atom stereocenters. The van der Waals surface area contributed by atoms with Crippen LogP contribution in [0, 0.1) is 13.8 Å². The van der Waals surface area contributed by atoms with Crippen LogP contribution in [0.5, 0.6) is 5.75 Å². The molecule has 0 N–H and O–H groups in total. The SMILES string of the molecule is Cc1cccc(C)c1OC(=O)c1ccc2ccccc2n1. The molecule has 0 saturated heterocycles. The highest BCUT2D eigenvalue weighted by atomic mass is 16.5. The Bertz CT molecular complexity index is 804. The van der Waals surface area contributed by atoms with E-state index >= 15 is 0 Å². The molecule has 0 atom stereocenters. The number of para-hydroxylation sites is 2. The third-order valence-electron chi connectivity index (χ3n) is 3.41. The van der Waals surface area contributed by atoms with Crippen molar-refractivity contribution < 1.29 is 9.53 Å². The minimum atomic E-state index is -0.432. The molecule has 1 heterocycles. The molecule has 0 aliphatic rings. The number of hydrogen-bond acceptors (Lipinski definition) is 3. The van der Waals surface area contributed by atoms with Gasteiger partial charge in [-0.3, -0.25) is 0 Å². The van der Waals surface area contributed by atoms with Crippen LogP contribution >= 0.6 is 0 Å². The van der Waals surface area contributed by atoms with Gasteiger partial charge in [-0.1, -0.05) is 42.5 Å². The highest BCUT2D eigenvalue weighted by Crippen LogP contribution is 2.23. The molecular formula is C18H15NO2. The summed E-state index contributed by atoms with van der Waals surface area (Å²) in [7, 11) is 0. The van der Waals surface area contributed by atoms with Crippen LogP contribution in [0.3, 0.4) is 0 Å². The van der Waals surface area contributed by atoms with Crippen LogP contribution in [-0.2, 0) is 0 Å². The molecule has 0 radical (unpaired) electrons. The summed E-state index contributed by atoms with van der Waals surface area (Å²) >= 11 is 0. The Morgan fingerprint density at radius 2 is 1.62 bits per heavy atom. The quantitative estimate of drug-likeness (QED) is 0.523. The van der Waals surface area contributed by atoms with Crippen molar-refractivity contribution >= 4 is 16.9 Å². The van der Waals surface area contributed by atoms with E-state index in [-0.39, 0.29) is 0 Å². The Balaban J connectivity index is 1.94. The molecule has 0 bridgehead atoms. The van der Waals surface area contributed by atoms with Gasteiger partial charge in [-0.05, 0) is 37.1 Å². The molecule has 0 aliphatic carbocycles. The van der Waals surface area contributed by atoms with Crippen LogP contribution in [-0.4, -0.2) is 11.0 Å². The monoisotopic (exact) mass is 277 g/mol. The number of nitrogens with zero attached hydrogens (tertiary/aromatic N) is 1. The lowest BCUT2D eigenvalue weighted by atomic mass is 10.1. The number of ether oxygens (including phenoxy) is 1. The van der Waals surface area contributed by atoms with Gasteiger partial charge in [0.2, 0.25) is 0 Å². The van der Waals surface area contributed by atoms with Crippen molar-refractivity contribution in [2.45, 2.75) is 13.8 Å². The van der Waals surface area contributed by atoms with E-state index in [1.54, 1.807) is 6.07 Å². The Morgan fingerprint density at radius 3 is 2.38 bits per heavy atom. The van der Waals surface area contributed by atoms with Gasteiger partial charge in [-0.2, -0.15) is 0 Å². The zero-order valence-electron chi connectivity index (χ0n) is 12.0. The number of pyridine rings is 1. The minimum absolute atomic E-state index is 0.316. The van der Waals surface area contributed by atoms with E-state index in [4.69, 9.17) is 4.74 Å². The van der Waals surface area contributed by atoms with Crippen molar-refractivity contribution in [1.29, 1.82) is 0 Å². The molecule has 0 spiro atoms. The fourth-order valence-corrected chi connectivity index (χ4v) is 2.28. The molecule has 1 aromatic heterocycles. The van der Waals surface area contributed by atoms with Gasteiger partial charge in [0.05, 0.1) is 5.52 Å². The molecule has 0 aliphatic heterocycles. The fourth-order valence-electron chi connectivity index (χ4n) is 2.28. The summed E-state index contributed by atoms with van der Waals surface area (Å²) in [4.78, 5) is 16.6. The van der Waals surface area contributed by atoms with Gasteiger partial charge in [-0.15, -0.1) is 0 Å². The maximum atomic E-state index is 12.3. The molecule has 3 rings (SSSR count). The van der Waals surface area contributed by atoms with Crippen molar-refractivity contribution in [3.63, 3.8) is 0 Å². The van der Waals surface area contributed by atoms with E-state index in [2.05, 4.69) is 4.98 Å². The minimum Gasteiger partial charge on any atom is -0.421 e. The van der Waals surface area contributed by atoms with Gasteiger partial charge in [-0.25, -0.2) is 9.78 Å². The summed E-state index contributed by atoms with van der Waals surface area (Å²) in [5, 5.41) is 1.00. The second kappa shape index (κ2) is 5.37. The fraction of sp³-hybridized carbons (Fsp3) is 0.111. The molecule has 0 amide bonds. The van der Waals surface area contributed by atoms with Gasteiger partial charge in [0.15, 0.2) is 0 Å². The van der Waals surface area contributed by atoms with E-state index in [0.717, 1.165) is 22.0 Å². The first kappa shape index (κ1) is 13.3. The summed E-state index contributed by atoms with van der Waals surface area (Å²) in [5.74, 6) is 0.176. The van der Waals surface area contributed by atoms with Gasteiger partial charge < -0.3 is 4.74 Å². The zero-order chi connectivity index (χ0) is 14.8. The number of esters is 1. The van der Waals surface area contributed by atoms with Crippen molar-refractivity contribution in [3.05, 3.63) is 71.4 Å². The number of aromatic nitrogens is 1. The lowest BCUT2D eigenvalue weighted by Crippen LogP contribution is -2.12. The predicted octanol–water partition coefficient (Wildman–Crippen LogP) is 4.07. The molecule has 3 aromatic rings. The Labute approximate surface area is 123 Å². The molecule has 0 fully saturated rings. The largest absolute Gasteiger partial charge is 0.421 e. The number of aryl methyl sites for hydroxylation is 2. The first-order valence-electron chi connectivity index (χ1n) is 6.79. The van der Waals surface area contributed by atoms with Gasteiger partial charge in [0.25, 0.3) is 0 Å². The molecule has 2 aromatic carbocycles. The van der Waals surface area contributed by atoms with Crippen LogP contribution in [0.2, 0.25) is 0 Å². The Morgan fingerprint density at radius 1 is 0.905 bits per heavy atom. The van der Waals surface area contributed by atoms with Crippen molar-refractivity contribution in [2.75, 3.05) is 0 Å². The molecule has 3 heteroatoms. The third-order valence-corrected chi connectivity index (χ3v) is 3.41. The van der Waals surface area contributed by atoms with Crippen LogP contribution in [0.1, 0.15) is 21.6 Å². The maximum Gasteiger partial charge on any atom is 0.362 e. The Hall–Kier alpha value is -2.68. The van der Waals surface area contributed by atoms with Crippen LogP contribution in [0.4, 0.5) is 0 Å². The first-order chi connectivity index (χ1) is 10.1. The standard InChI is InChI=1S/C18H15NO2/c1-12-6-5-7-13(2)17(12)21-18(20)16-11-10-14-8-3-4-9-15(14)19-16/h3-11H,1-2H3. The summed E-state index contributed by atoms with van der Waals surface area (Å²) in [5.41, 5.74) is 2.97. The van der Waals surface area contributed by atoms with Crippen molar-refractivity contribution in [1.82, 2.24) is 4.98 Å². The summed E-state index contributed by atoms with van der Waals surface area (Å²) < 4.78 is 5.51.